The molecule has 0 bridgehead atoms. The number of carbonyl (C=O) groups excluding carboxylic acids is 1. The Labute approximate surface area is 156 Å². The largest absolute Gasteiger partial charge is 0.477 e. The molecule has 2 unspecified atom stereocenters. The molecule has 2 saturated heterocycles. The zero-order valence-corrected chi connectivity index (χ0v) is 16.2. The van der Waals surface area contributed by atoms with Crippen LogP contribution in [0.2, 0.25) is 0 Å². The van der Waals surface area contributed by atoms with Crippen molar-refractivity contribution in [3.05, 3.63) is 12.4 Å². The normalized spacial score (nSPS) is 23.0. The van der Waals surface area contributed by atoms with Crippen molar-refractivity contribution in [1.82, 2.24) is 14.9 Å². The van der Waals surface area contributed by atoms with Crippen LogP contribution in [0.1, 0.15) is 38.5 Å². The summed E-state index contributed by atoms with van der Waals surface area (Å²) in [4.78, 5) is 22.5. The molecule has 6 nitrogen and oxygen atoms in total. The first-order valence-electron chi connectivity index (χ1n) is 8.84. The second-order valence-electron chi connectivity index (χ2n) is 6.31. The van der Waals surface area contributed by atoms with Crippen molar-refractivity contribution in [2.75, 3.05) is 26.0 Å². The molecular weight excluding hydrogens is 358 g/mol. The molecule has 0 radical (unpaired) electrons. The molecule has 2 atom stereocenters. The Morgan fingerprint density at radius 2 is 2.12 bits per heavy atom. The van der Waals surface area contributed by atoms with E-state index in [1.807, 2.05) is 26.5 Å². The topological polar surface area (TPSA) is 64.6 Å². The highest BCUT2D eigenvalue weighted by Gasteiger charge is 2.28. The Hall–Kier alpha value is -1.15. The van der Waals surface area contributed by atoms with Gasteiger partial charge in [-0.15, -0.1) is 0 Å². The van der Waals surface area contributed by atoms with Gasteiger partial charge in [0.15, 0.2) is 0 Å². The van der Waals surface area contributed by atoms with E-state index in [0.29, 0.717) is 24.7 Å². The van der Waals surface area contributed by atoms with Gasteiger partial charge >= 0.3 is 0 Å². The third-order valence-electron chi connectivity index (χ3n) is 4.50. The third kappa shape index (κ3) is 5.41. The van der Waals surface area contributed by atoms with Crippen LogP contribution in [-0.2, 0) is 4.79 Å². The van der Waals surface area contributed by atoms with Gasteiger partial charge in [0.25, 0.3) is 11.8 Å². The number of likely N-dealkylation sites (tertiary alicyclic amines) is 1. The summed E-state index contributed by atoms with van der Waals surface area (Å²) in [6.07, 6.45) is 9.27. The van der Waals surface area contributed by atoms with Crippen LogP contribution in [0.3, 0.4) is 0 Å². The van der Waals surface area contributed by atoms with E-state index in [1.165, 1.54) is 18.6 Å². The molecule has 138 valence electrons. The van der Waals surface area contributed by atoms with Crippen LogP contribution in [0.5, 0.6) is 11.8 Å². The monoisotopic (exact) mass is 383 g/mol. The van der Waals surface area contributed by atoms with Gasteiger partial charge in [-0.3, -0.25) is 4.79 Å². The predicted octanol–water partition coefficient (Wildman–Crippen LogP) is 3.18. The van der Waals surface area contributed by atoms with Crippen LogP contribution in [0.15, 0.2) is 12.4 Å². The van der Waals surface area contributed by atoms with Crippen LogP contribution in [0.25, 0.3) is 0 Å². The minimum absolute atomic E-state index is 0.0403. The highest BCUT2D eigenvalue weighted by atomic mass is 33.1. The molecule has 0 aliphatic carbocycles. The number of hydrogen-bond acceptors (Lipinski definition) is 7. The van der Waals surface area contributed by atoms with E-state index in [2.05, 4.69) is 9.97 Å². The fourth-order valence-corrected chi connectivity index (χ4v) is 6.14. The summed E-state index contributed by atoms with van der Waals surface area (Å²) in [5.74, 6) is 2.30. The van der Waals surface area contributed by atoms with Gasteiger partial charge in [-0.1, -0.05) is 28.0 Å². The fourth-order valence-electron chi connectivity index (χ4n) is 3.11. The number of rotatable bonds is 8. The van der Waals surface area contributed by atoms with Crippen LogP contribution in [0, 0.1) is 0 Å². The Balaban J connectivity index is 1.37. The van der Waals surface area contributed by atoms with Crippen molar-refractivity contribution in [2.24, 2.45) is 0 Å². The van der Waals surface area contributed by atoms with Crippen LogP contribution in [0.4, 0.5) is 0 Å². The Bertz CT molecular complexity index is 570. The summed E-state index contributed by atoms with van der Waals surface area (Å²) in [5, 5.41) is 0.798. The summed E-state index contributed by atoms with van der Waals surface area (Å²) in [6.45, 7) is 1.37. The zero-order valence-electron chi connectivity index (χ0n) is 14.6. The molecule has 0 aromatic carbocycles. The van der Waals surface area contributed by atoms with Crippen LogP contribution in [-0.4, -0.2) is 58.1 Å². The van der Waals surface area contributed by atoms with Gasteiger partial charge in [-0.2, -0.15) is 0 Å². The number of amides is 1. The van der Waals surface area contributed by atoms with E-state index in [4.69, 9.17) is 9.47 Å². The first kappa shape index (κ1) is 18.6. The van der Waals surface area contributed by atoms with Crippen molar-refractivity contribution in [3.63, 3.8) is 0 Å². The van der Waals surface area contributed by atoms with Crippen molar-refractivity contribution >= 4 is 27.5 Å². The molecule has 3 heterocycles. The average molecular weight is 384 g/mol. The smallest absolute Gasteiger partial charge is 0.278 e. The number of nitrogens with zero attached hydrogens (tertiary/aromatic N) is 3. The average Bonchev–Trinajstić information content (AvgIpc) is 3.31. The lowest BCUT2D eigenvalue weighted by molar-refractivity contribution is -0.130. The van der Waals surface area contributed by atoms with Crippen LogP contribution < -0.4 is 9.47 Å². The lowest BCUT2D eigenvalue weighted by atomic mass is 10.1. The van der Waals surface area contributed by atoms with Crippen molar-refractivity contribution < 1.29 is 14.3 Å². The molecule has 1 aromatic rings. The molecular formula is C17H25N3O3S2. The number of ether oxygens (including phenoxy) is 2. The predicted molar refractivity (Wildman–Crippen MR) is 101 cm³/mol. The molecule has 0 saturated carbocycles. The van der Waals surface area contributed by atoms with Crippen molar-refractivity contribution in [1.29, 1.82) is 0 Å². The molecule has 8 heteroatoms. The highest BCUT2D eigenvalue weighted by Crippen LogP contribution is 2.39. The second-order valence-corrected chi connectivity index (χ2v) is 9.10. The van der Waals surface area contributed by atoms with Gasteiger partial charge in [-0.05, 0) is 19.3 Å². The van der Waals surface area contributed by atoms with E-state index < -0.39 is 0 Å². The Kier molecular flexibility index (Phi) is 7.10. The van der Waals surface area contributed by atoms with Crippen molar-refractivity contribution in [2.45, 2.75) is 49.9 Å². The maximum Gasteiger partial charge on any atom is 0.278 e. The summed E-state index contributed by atoms with van der Waals surface area (Å²) in [6, 6.07) is 0. The lowest BCUT2D eigenvalue weighted by Gasteiger charge is -2.17. The zero-order chi connectivity index (χ0) is 17.5. The molecule has 2 fully saturated rings. The van der Waals surface area contributed by atoms with Gasteiger partial charge in [0.2, 0.25) is 5.91 Å². The number of unbranched alkanes of at least 4 members (excludes halogenated alkanes) is 1. The number of methoxy groups -OCH3 is 1. The first-order valence-corrected chi connectivity index (χ1v) is 11.2. The van der Waals surface area contributed by atoms with Gasteiger partial charge in [0.05, 0.1) is 13.7 Å². The Morgan fingerprint density at radius 1 is 1.28 bits per heavy atom. The van der Waals surface area contributed by atoms with Gasteiger partial charge < -0.3 is 14.4 Å². The molecule has 25 heavy (non-hydrogen) atoms. The number of aromatic nitrogens is 2. The van der Waals surface area contributed by atoms with E-state index >= 15 is 0 Å². The molecule has 1 aromatic heterocycles. The molecule has 3 rings (SSSR count). The molecule has 0 spiro atoms. The second kappa shape index (κ2) is 9.52. The molecule has 2 aliphatic heterocycles. The molecule has 2 aliphatic rings. The number of carbonyl (C=O) groups is 1. The highest BCUT2D eigenvalue weighted by molar-refractivity contribution is 8.77. The Morgan fingerprint density at radius 3 is 2.88 bits per heavy atom. The molecule has 0 N–H and O–H groups in total. The van der Waals surface area contributed by atoms with E-state index in [0.717, 1.165) is 31.1 Å². The van der Waals surface area contributed by atoms with E-state index in [9.17, 15) is 4.79 Å². The van der Waals surface area contributed by atoms with Gasteiger partial charge in [-0.25, -0.2) is 9.97 Å². The third-order valence-corrected chi connectivity index (χ3v) is 7.50. The van der Waals surface area contributed by atoms with E-state index in [-0.39, 0.29) is 12.0 Å². The maximum absolute atomic E-state index is 12.4. The molecule has 1 amide bonds. The van der Waals surface area contributed by atoms with Gasteiger partial charge in [0, 0.05) is 42.8 Å². The minimum Gasteiger partial charge on any atom is -0.477 e. The quantitative estimate of drug-likeness (QED) is 0.504. The van der Waals surface area contributed by atoms with Crippen molar-refractivity contribution in [3.8, 4) is 11.8 Å². The number of hydrogen-bond donors (Lipinski definition) is 0. The van der Waals surface area contributed by atoms with E-state index in [1.54, 1.807) is 19.5 Å². The maximum atomic E-state index is 12.4. The summed E-state index contributed by atoms with van der Waals surface area (Å²) in [5.41, 5.74) is 0. The summed E-state index contributed by atoms with van der Waals surface area (Å²) >= 11 is 0. The van der Waals surface area contributed by atoms with Gasteiger partial charge in [0.1, 0.15) is 6.10 Å². The van der Waals surface area contributed by atoms with Crippen LogP contribution >= 0.6 is 21.6 Å². The lowest BCUT2D eigenvalue weighted by Crippen LogP contribution is -2.30. The standard InChI is InChI=1S/C17H25N3O3S2/c1-22-16-17(19-9-8-18-16)23-13-6-10-20(12-13)15(21)5-3-2-4-14-7-11-24-25-14/h8-9,13-14H,2-7,10-12H2,1H3. The first-order chi connectivity index (χ1) is 12.3. The fraction of sp³-hybridized carbons (Fsp3) is 0.706. The minimum atomic E-state index is -0.0403. The summed E-state index contributed by atoms with van der Waals surface area (Å²) < 4.78 is 11.0. The SMILES string of the molecule is COc1nccnc1OC1CCN(C(=O)CCCCC2CCSS2)C1. The summed E-state index contributed by atoms with van der Waals surface area (Å²) in [7, 11) is 5.54.